The van der Waals surface area contributed by atoms with Gasteiger partial charge in [0.15, 0.2) is 0 Å². The fourth-order valence-corrected chi connectivity index (χ4v) is 2.29. The third kappa shape index (κ3) is 4.61. The molecule has 0 aliphatic carbocycles. The van der Waals surface area contributed by atoms with Crippen molar-refractivity contribution in [2.24, 2.45) is 0 Å². The van der Waals surface area contributed by atoms with E-state index in [1.165, 1.54) is 0 Å². The summed E-state index contributed by atoms with van der Waals surface area (Å²) in [6.07, 6.45) is 0. The van der Waals surface area contributed by atoms with Crippen molar-refractivity contribution in [1.82, 2.24) is 15.1 Å². The van der Waals surface area contributed by atoms with Crippen LogP contribution in [0.4, 0.5) is 10.5 Å². The highest BCUT2D eigenvalue weighted by atomic mass is 16.5. The predicted molar refractivity (Wildman–Crippen MR) is 84.0 cm³/mol. The molecule has 1 aromatic rings. The van der Waals surface area contributed by atoms with Crippen LogP contribution in [0, 0.1) is 0 Å². The zero-order valence-corrected chi connectivity index (χ0v) is 12.8. The summed E-state index contributed by atoms with van der Waals surface area (Å²) in [6, 6.07) is 7.30. The Hall–Kier alpha value is -1.79. The predicted octanol–water partition coefficient (Wildman–Crippen LogP) is 1.06. The molecule has 6 heteroatoms. The number of urea groups is 1. The lowest BCUT2D eigenvalue weighted by molar-refractivity contribution is 0.197. The van der Waals surface area contributed by atoms with Crippen molar-refractivity contribution >= 4 is 11.7 Å². The molecule has 6 nitrogen and oxygen atoms in total. The molecule has 0 bridgehead atoms. The second-order valence-electron chi connectivity index (χ2n) is 5.14. The number of hydrogen-bond donors (Lipinski definition) is 2. The highest BCUT2D eigenvalue weighted by Gasteiger charge is 2.14. The van der Waals surface area contributed by atoms with Crippen LogP contribution in [-0.2, 0) is 0 Å². The molecule has 0 aromatic heterocycles. The number of carbonyl (C=O) groups is 1. The summed E-state index contributed by atoms with van der Waals surface area (Å²) in [7, 11) is 3.41. The standard InChI is InChI=1S/C15H24N4O2/c1-18(11-12-19-9-7-16-8-10-19)15(20)17-13-5-3-4-6-14(13)21-2/h3-6,16H,7-12H2,1-2H3,(H,17,20). The zero-order chi connectivity index (χ0) is 15.1. The molecule has 1 aromatic carbocycles. The fraction of sp³-hybridized carbons (Fsp3) is 0.533. The lowest BCUT2D eigenvalue weighted by Crippen LogP contribution is -2.46. The van der Waals surface area contributed by atoms with Gasteiger partial charge in [0.05, 0.1) is 12.8 Å². The van der Waals surface area contributed by atoms with Gasteiger partial charge in [-0.3, -0.25) is 4.90 Å². The number of amides is 2. The Bertz CT molecular complexity index is 461. The molecule has 0 saturated carbocycles. The molecule has 2 amide bonds. The number of methoxy groups -OCH3 is 1. The van der Waals surface area contributed by atoms with Crippen LogP contribution in [0.1, 0.15) is 0 Å². The summed E-state index contributed by atoms with van der Waals surface area (Å²) in [6.45, 7) is 5.75. The van der Waals surface area contributed by atoms with Gasteiger partial charge in [-0.2, -0.15) is 0 Å². The first-order chi connectivity index (χ1) is 10.2. The van der Waals surface area contributed by atoms with Gasteiger partial charge in [0.25, 0.3) is 0 Å². The average Bonchev–Trinajstić information content (AvgIpc) is 2.54. The third-order valence-electron chi connectivity index (χ3n) is 3.66. The number of benzene rings is 1. The number of anilines is 1. The van der Waals surface area contributed by atoms with Crippen LogP contribution in [0.15, 0.2) is 24.3 Å². The van der Waals surface area contributed by atoms with E-state index in [1.807, 2.05) is 31.3 Å². The Labute approximate surface area is 126 Å². The Balaban J connectivity index is 1.81. The largest absolute Gasteiger partial charge is 0.495 e. The summed E-state index contributed by atoms with van der Waals surface area (Å²) in [5.41, 5.74) is 0.694. The van der Waals surface area contributed by atoms with E-state index in [-0.39, 0.29) is 6.03 Å². The van der Waals surface area contributed by atoms with Gasteiger partial charge in [0.2, 0.25) is 0 Å². The highest BCUT2D eigenvalue weighted by molar-refractivity contribution is 5.90. The van der Waals surface area contributed by atoms with E-state index in [0.29, 0.717) is 18.0 Å². The molecule has 0 atom stereocenters. The molecule has 0 unspecified atom stereocenters. The summed E-state index contributed by atoms with van der Waals surface area (Å²) < 4.78 is 5.23. The zero-order valence-electron chi connectivity index (χ0n) is 12.8. The number of carbonyl (C=O) groups excluding carboxylic acids is 1. The van der Waals surface area contributed by atoms with Crippen molar-refractivity contribution in [3.63, 3.8) is 0 Å². The maximum Gasteiger partial charge on any atom is 0.321 e. The van der Waals surface area contributed by atoms with Crippen LogP contribution in [0.3, 0.4) is 0 Å². The molecular formula is C15H24N4O2. The lowest BCUT2D eigenvalue weighted by Gasteiger charge is -2.29. The lowest BCUT2D eigenvalue weighted by atomic mass is 10.3. The molecule has 0 spiro atoms. The molecule has 1 fully saturated rings. The van der Waals surface area contributed by atoms with Gasteiger partial charge in [-0.1, -0.05) is 12.1 Å². The van der Waals surface area contributed by atoms with Crippen LogP contribution < -0.4 is 15.4 Å². The molecule has 116 valence electrons. The SMILES string of the molecule is COc1ccccc1NC(=O)N(C)CCN1CCNCC1. The van der Waals surface area contributed by atoms with Gasteiger partial charge < -0.3 is 20.3 Å². The van der Waals surface area contributed by atoms with E-state index in [0.717, 1.165) is 32.7 Å². The molecule has 1 aliphatic heterocycles. The number of piperazine rings is 1. The number of nitrogens with zero attached hydrogens (tertiary/aromatic N) is 2. The van der Waals surface area contributed by atoms with E-state index in [2.05, 4.69) is 15.5 Å². The third-order valence-corrected chi connectivity index (χ3v) is 3.66. The van der Waals surface area contributed by atoms with Crippen LogP contribution >= 0.6 is 0 Å². The van der Waals surface area contributed by atoms with Gasteiger partial charge in [0.1, 0.15) is 5.75 Å². The topological polar surface area (TPSA) is 56.8 Å². The van der Waals surface area contributed by atoms with Crippen LogP contribution in [0.25, 0.3) is 0 Å². The maximum absolute atomic E-state index is 12.2. The van der Waals surface area contributed by atoms with E-state index in [4.69, 9.17) is 4.74 Å². The fourth-order valence-electron chi connectivity index (χ4n) is 2.29. The van der Waals surface area contributed by atoms with Gasteiger partial charge in [0, 0.05) is 46.3 Å². The highest BCUT2D eigenvalue weighted by Crippen LogP contribution is 2.23. The number of ether oxygens (including phenoxy) is 1. The number of hydrogen-bond acceptors (Lipinski definition) is 4. The van der Waals surface area contributed by atoms with Gasteiger partial charge >= 0.3 is 6.03 Å². The Morgan fingerprint density at radius 1 is 1.38 bits per heavy atom. The minimum absolute atomic E-state index is 0.116. The quantitative estimate of drug-likeness (QED) is 0.852. The van der Waals surface area contributed by atoms with Gasteiger partial charge in [-0.05, 0) is 12.1 Å². The number of rotatable bonds is 5. The summed E-state index contributed by atoms with van der Waals surface area (Å²) in [4.78, 5) is 16.2. The molecule has 1 heterocycles. The van der Waals surface area contributed by atoms with Crippen molar-refractivity contribution in [3.05, 3.63) is 24.3 Å². The smallest absolute Gasteiger partial charge is 0.321 e. The van der Waals surface area contributed by atoms with Crippen LogP contribution in [0.5, 0.6) is 5.75 Å². The van der Waals surface area contributed by atoms with E-state index >= 15 is 0 Å². The van der Waals surface area contributed by atoms with Crippen molar-refractivity contribution in [3.8, 4) is 5.75 Å². The van der Waals surface area contributed by atoms with Crippen molar-refractivity contribution in [2.45, 2.75) is 0 Å². The summed E-state index contributed by atoms with van der Waals surface area (Å²) >= 11 is 0. The molecule has 0 radical (unpaired) electrons. The average molecular weight is 292 g/mol. The molecular weight excluding hydrogens is 268 g/mol. The molecule has 21 heavy (non-hydrogen) atoms. The molecule has 1 saturated heterocycles. The first-order valence-electron chi connectivity index (χ1n) is 7.29. The second kappa shape index (κ2) is 7.85. The van der Waals surface area contributed by atoms with Crippen molar-refractivity contribution < 1.29 is 9.53 Å². The summed E-state index contributed by atoms with van der Waals surface area (Å²) in [5, 5.41) is 6.20. The molecule has 1 aliphatic rings. The van der Waals surface area contributed by atoms with Crippen LogP contribution in [0.2, 0.25) is 0 Å². The van der Waals surface area contributed by atoms with Gasteiger partial charge in [-0.25, -0.2) is 4.79 Å². The molecule has 2 rings (SSSR count). The first-order valence-corrected chi connectivity index (χ1v) is 7.29. The van der Waals surface area contributed by atoms with E-state index < -0.39 is 0 Å². The van der Waals surface area contributed by atoms with Crippen molar-refractivity contribution in [1.29, 1.82) is 0 Å². The maximum atomic E-state index is 12.2. The Kier molecular flexibility index (Phi) is 5.83. The molecule has 2 N–H and O–H groups in total. The Morgan fingerprint density at radius 2 is 2.10 bits per heavy atom. The number of likely N-dealkylation sites (N-methyl/N-ethyl adjacent to an activating group) is 1. The number of nitrogens with one attached hydrogen (secondary N) is 2. The normalized spacial score (nSPS) is 15.5. The minimum atomic E-state index is -0.116. The number of para-hydroxylation sites is 2. The van der Waals surface area contributed by atoms with Gasteiger partial charge in [-0.15, -0.1) is 0 Å². The first kappa shape index (κ1) is 15.6. The Morgan fingerprint density at radius 3 is 2.81 bits per heavy atom. The van der Waals surface area contributed by atoms with Crippen molar-refractivity contribution in [2.75, 3.05) is 58.7 Å². The monoisotopic (exact) mass is 292 g/mol. The minimum Gasteiger partial charge on any atom is -0.495 e. The van der Waals surface area contributed by atoms with Crippen LogP contribution in [-0.4, -0.2) is 69.3 Å². The van der Waals surface area contributed by atoms with E-state index in [9.17, 15) is 4.79 Å². The summed E-state index contributed by atoms with van der Waals surface area (Å²) in [5.74, 6) is 0.668. The van der Waals surface area contributed by atoms with E-state index in [1.54, 1.807) is 12.0 Å². The second-order valence-corrected chi connectivity index (χ2v) is 5.14.